The summed E-state index contributed by atoms with van der Waals surface area (Å²) >= 11 is 0. The lowest BCUT2D eigenvalue weighted by Crippen LogP contribution is -2.38. The summed E-state index contributed by atoms with van der Waals surface area (Å²) in [6, 6.07) is 2.64. The summed E-state index contributed by atoms with van der Waals surface area (Å²) in [7, 11) is 0. The maximum Gasteiger partial charge on any atom is 0.145 e. The van der Waals surface area contributed by atoms with Gasteiger partial charge in [0.2, 0.25) is 0 Å². The first-order valence-corrected chi connectivity index (χ1v) is 3.29. The molecule has 2 rings (SSSR count). The maximum absolute atomic E-state index is 7.72. The molecular weight excluding hydrogens is 156 g/mol. The second-order valence-corrected chi connectivity index (χ2v) is 2.15. The van der Waals surface area contributed by atoms with E-state index in [9.17, 15) is 0 Å². The number of ether oxygens (including phenoxy) is 2. The molecule has 0 amide bonds. The summed E-state index contributed by atoms with van der Waals surface area (Å²) in [5.74, 6) is 0.191. The Labute approximate surface area is 77.3 Å². The van der Waals surface area contributed by atoms with Crippen molar-refractivity contribution in [2.45, 2.75) is 6.08 Å². The quantitative estimate of drug-likeness (QED) is 0.701. The summed E-state index contributed by atoms with van der Waals surface area (Å²) in [4.78, 5) is 3.70. The zero-order valence-corrected chi connectivity index (χ0v) is 6.07. The number of rotatable bonds is 2. The van der Waals surface area contributed by atoms with Crippen molar-refractivity contribution < 1.29 is 16.3 Å². The lowest BCUT2D eigenvalue weighted by Gasteiger charge is -2.26. The molecule has 2 N–H and O–H groups in total. The van der Waals surface area contributed by atoms with Gasteiger partial charge in [-0.2, -0.15) is 0 Å². The fourth-order valence-electron chi connectivity index (χ4n) is 0.744. The second kappa shape index (κ2) is 2.98. The van der Waals surface area contributed by atoms with E-state index in [1.807, 2.05) is 0 Å². The van der Waals surface area contributed by atoms with Crippen molar-refractivity contribution in [3.8, 4) is 5.75 Å². The van der Waals surface area contributed by atoms with Crippen LogP contribution in [-0.2, 0) is 4.74 Å². The SMILES string of the molecule is [2H]C1([2H])OC([2H])([2H])C1([2H])Oc1ccnc(N)c1. The van der Waals surface area contributed by atoms with E-state index in [1.54, 1.807) is 0 Å². The fourth-order valence-corrected chi connectivity index (χ4v) is 0.744. The van der Waals surface area contributed by atoms with Gasteiger partial charge in [-0.15, -0.1) is 0 Å². The minimum absolute atomic E-state index is 0.0588. The number of aromatic nitrogens is 1. The first kappa shape index (κ1) is 3.62. The number of nitrogens with two attached hydrogens (primary N) is 1. The van der Waals surface area contributed by atoms with Crippen LogP contribution in [0.15, 0.2) is 18.3 Å². The van der Waals surface area contributed by atoms with Gasteiger partial charge in [-0.1, -0.05) is 0 Å². The van der Waals surface area contributed by atoms with Gasteiger partial charge in [-0.05, 0) is 6.07 Å². The van der Waals surface area contributed by atoms with Gasteiger partial charge in [-0.25, -0.2) is 4.98 Å². The number of hydrogen-bond acceptors (Lipinski definition) is 4. The van der Waals surface area contributed by atoms with Gasteiger partial charge < -0.3 is 15.2 Å². The molecule has 0 bridgehead atoms. The Morgan fingerprint density at radius 2 is 2.67 bits per heavy atom. The van der Waals surface area contributed by atoms with E-state index < -0.39 is 19.2 Å². The highest BCUT2D eigenvalue weighted by Crippen LogP contribution is 2.16. The molecular formula is C8H10N2O2. The van der Waals surface area contributed by atoms with Crippen LogP contribution in [0.25, 0.3) is 0 Å². The maximum atomic E-state index is 7.72. The van der Waals surface area contributed by atoms with Crippen LogP contribution < -0.4 is 10.5 Å². The predicted octanol–water partition coefficient (Wildman–Crippen LogP) is 0.441. The molecule has 1 aromatic rings. The topological polar surface area (TPSA) is 57.4 Å². The van der Waals surface area contributed by atoms with Crippen LogP contribution in [-0.4, -0.2) is 24.2 Å². The number of nitrogens with zero attached hydrogens (tertiary/aromatic N) is 1. The average Bonchev–Trinajstić information content (AvgIpc) is 2.15. The number of anilines is 1. The lowest BCUT2D eigenvalue weighted by molar-refractivity contribution is -0.0796. The average molecular weight is 171 g/mol. The predicted molar refractivity (Wildman–Crippen MR) is 43.9 cm³/mol. The molecule has 1 saturated heterocycles. The molecule has 0 saturated carbocycles. The molecule has 0 aromatic carbocycles. The zero-order valence-electron chi connectivity index (χ0n) is 11.1. The smallest absolute Gasteiger partial charge is 0.145 e. The van der Waals surface area contributed by atoms with E-state index in [-0.39, 0.29) is 11.6 Å². The van der Waals surface area contributed by atoms with Crippen LogP contribution in [0.4, 0.5) is 5.82 Å². The van der Waals surface area contributed by atoms with Crippen LogP contribution in [0.1, 0.15) is 6.85 Å². The molecule has 0 radical (unpaired) electrons. The molecule has 64 valence electrons. The fraction of sp³-hybridized carbons (Fsp3) is 0.375. The van der Waals surface area contributed by atoms with Crippen molar-refractivity contribution in [1.82, 2.24) is 4.98 Å². The molecule has 1 fully saturated rings. The van der Waals surface area contributed by atoms with Crippen LogP contribution in [0.3, 0.4) is 0 Å². The van der Waals surface area contributed by atoms with Crippen molar-refractivity contribution in [2.75, 3.05) is 18.9 Å². The highest BCUT2D eigenvalue weighted by Gasteiger charge is 2.19. The van der Waals surface area contributed by atoms with Gasteiger partial charge in [0.05, 0.1) is 20.0 Å². The van der Waals surface area contributed by atoms with Gasteiger partial charge in [0.1, 0.15) is 17.6 Å². The Morgan fingerprint density at radius 1 is 1.83 bits per heavy atom. The van der Waals surface area contributed by atoms with Crippen molar-refractivity contribution >= 4 is 5.82 Å². The molecule has 12 heavy (non-hydrogen) atoms. The summed E-state index contributed by atoms with van der Waals surface area (Å²) in [6.07, 6.45) is -1.16. The third-order valence-corrected chi connectivity index (χ3v) is 1.26. The van der Waals surface area contributed by atoms with Crippen LogP contribution >= 0.6 is 0 Å². The Hall–Kier alpha value is -1.29. The first-order valence-electron chi connectivity index (χ1n) is 5.79. The van der Waals surface area contributed by atoms with E-state index in [0.717, 1.165) is 0 Å². The van der Waals surface area contributed by atoms with Crippen LogP contribution in [0.5, 0.6) is 5.75 Å². The Balaban J connectivity index is 2.28. The van der Waals surface area contributed by atoms with E-state index in [0.29, 0.717) is 0 Å². The summed E-state index contributed by atoms with van der Waals surface area (Å²) in [5.41, 5.74) is 5.40. The molecule has 1 aliphatic rings. The molecule has 1 aliphatic heterocycles. The van der Waals surface area contributed by atoms with Crippen molar-refractivity contribution in [1.29, 1.82) is 0 Å². The number of nitrogen functional groups attached to an aromatic ring is 1. The lowest BCUT2D eigenvalue weighted by atomic mass is 10.3. The zero-order chi connectivity index (χ0) is 12.9. The van der Waals surface area contributed by atoms with Crippen molar-refractivity contribution in [2.24, 2.45) is 0 Å². The van der Waals surface area contributed by atoms with Gasteiger partial charge in [0, 0.05) is 12.3 Å². The Morgan fingerprint density at radius 3 is 3.33 bits per heavy atom. The monoisotopic (exact) mass is 171 g/mol. The van der Waals surface area contributed by atoms with E-state index in [2.05, 4.69) is 9.72 Å². The van der Waals surface area contributed by atoms with Crippen LogP contribution in [0, 0.1) is 0 Å². The molecule has 0 spiro atoms. The minimum Gasteiger partial charge on any atom is -0.485 e. The summed E-state index contributed by atoms with van der Waals surface area (Å²) in [6.45, 7) is -5.07. The largest absolute Gasteiger partial charge is 0.485 e. The second-order valence-electron chi connectivity index (χ2n) is 2.15. The number of hydrogen-bond donors (Lipinski definition) is 1. The molecule has 0 atom stereocenters. The molecule has 0 aliphatic carbocycles. The highest BCUT2D eigenvalue weighted by molar-refractivity contribution is 5.35. The van der Waals surface area contributed by atoms with Crippen molar-refractivity contribution in [3.05, 3.63) is 18.3 Å². The first-order chi connectivity index (χ1) is 7.68. The standard InChI is InChI=1S/C8H10N2O2/c9-8-3-6(1-2-10-8)12-7-4-11-5-7/h1-3,7H,4-5H2,(H2,9,10)/i4D2,5D2,7D. The molecule has 0 unspecified atom stereocenters. The molecule has 1 aromatic heterocycles. The summed E-state index contributed by atoms with van der Waals surface area (Å²) < 4.78 is 46.4. The van der Waals surface area contributed by atoms with Gasteiger partial charge in [0.25, 0.3) is 0 Å². The Bertz CT molecular complexity index is 439. The molecule has 2 heterocycles. The third kappa shape index (κ3) is 1.48. The van der Waals surface area contributed by atoms with E-state index >= 15 is 0 Å². The van der Waals surface area contributed by atoms with Gasteiger partial charge >= 0.3 is 0 Å². The van der Waals surface area contributed by atoms with Gasteiger partial charge in [0.15, 0.2) is 0 Å². The normalized spacial score (nSPS) is 34.2. The number of pyridine rings is 1. The molecule has 4 nitrogen and oxygen atoms in total. The minimum atomic E-state index is -2.53. The van der Waals surface area contributed by atoms with E-state index in [1.165, 1.54) is 18.3 Å². The van der Waals surface area contributed by atoms with E-state index in [4.69, 9.17) is 17.3 Å². The van der Waals surface area contributed by atoms with Gasteiger partial charge in [-0.3, -0.25) is 0 Å². The van der Waals surface area contributed by atoms with Crippen molar-refractivity contribution in [3.63, 3.8) is 0 Å². The highest BCUT2D eigenvalue weighted by atomic mass is 16.6. The Kier molecular flexibility index (Phi) is 0.899. The van der Waals surface area contributed by atoms with Crippen LogP contribution in [0.2, 0.25) is 0 Å². The molecule has 4 heteroatoms. The summed E-state index contributed by atoms with van der Waals surface area (Å²) in [5, 5.41) is 0. The third-order valence-electron chi connectivity index (χ3n) is 1.26.